The van der Waals surface area contributed by atoms with Gasteiger partial charge in [0.25, 0.3) is 0 Å². The fraction of sp³-hybridized carbons (Fsp3) is 0. The fourth-order valence-corrected chi connectivity index (χ4v) is 3.09. The predicted molar refractivity (Wildman–Crippen MR) is 91.1 cm³/mol. The van der Waals surface area contributed by atoms with Crippen molar-refractivity contribution in [1.82, 2.24) is 4.98 Å². The van der Waals surface area contributed by atoms with Gasteiger partial charge in [-0.2, -0.15) is 0 Å². The van der Waals surface area contributed by atoms with Gasteiger partial charge in [-0.05, 0) is 64.2 Å². The number of H-pyrrole nitrogens is 1. The van der Waals surface area contributed by atoms with Crippen molar-refractivity contribution in [3.63, 3.8) is 0 Å². The summed E-state index contributed by atoms with van der Waals surface area (Å²) in [5.74, 6) is -0.322. The number of halogens is 2. The van der Waals surface area contributed by atoms with Gasteiger partial charge in [-0.3, -0.25) is 0 Å². The van der Waals surface area contributed by atoms with Gasteiger partial charge in [0.2, 0.25) is 0 Å². The van der Waals surface area contributed by atoms with Crippen LogP contribution in [0.2, 0.25) is 0 Å². The Bertz CT molecular complexity index is 1070. The second-order valence-electron chi connectivity index (χ2n) is 4.99. The number of nitrogens with zero attached hydrogens (tertiary/aromatic N) is 2. The van der Waals surface area contributed by atoms with Crippen LogP contribution < -0.4 is 10.4 Å². The van der Waals surface area contributed by atoms with Crippen molar-refractivity contribution in [3.05, 3.63) is 58.2 Å². The third kappa shape index (κ3) is 2.10. The molecule has 4 nitrogen and oxygen atoms in total. The minimum atomic E-state index is -0.340. The first kappa shape index (κ1) is 13.4. The molecule has 0 saturated heterocycles. The van der Waals surface area contributed by atoms with Gasteiger partial charge in [-0.15, -0.1) is 10.2 Å². The number of aromatic nitrogens is 1. The average Bonchev–Trinajstić information content (AvgIpc) is 3.01. The number of fused-ring (bicyclic) bond motifs is 2. The molecule has 4 rings (SSSR count). The summed E-state index contributed by atoms with van der Waals surface area (Å²) in [6.45, 7) is 0. The molecule has 0 radical (unpaired) electrons. The van der Waals surface area contributed by atoms with Crippen molar-refractivity contribution in [1.29, 1.82) is 0 Å². The number of nitrogens with one attached hydrogen (secondary N) is 1. The van der Waals surface area contributed by atoms with Crippen molar-refractivity contribution >= 4 is 49.0 Å². The SMILES string of the molecule is Oc1[nH]c2ccc(F)cc2c1/C=c1/ccc2c(c1)N=NC=2I. The molecule has 108 valence electrons. The maximum Gasteiger partial charge on any atom is 0.196 e. The molecule has 2 aromatic carbocycles. The van der Waals surface area contributed by atoms with E-state index in [4.69, 9.17) is 0 Å². The average molecular weight is 405 g/mol. The molecule has 0 amide bonds. The lowest BCUT2D eigenvalue weighted by Crippen LogP contribution is -2.07. The summed E-state index contributed by atoms with van der Waals surface area (Å²) in [7, 11) is 0. The summed E-state index contributed by atoms with van der Waals surface area (Å²) >= 11 is 2.14. The third-order valence-electron chi connectivity index (χ3n) is 3.58. The molecule has 1 aromatic heterocycles. The molecule has 1 aliphatic heterocycles. The summed E-state index contributed by atoms with van der Waals surface area (Å²) in [6.07, 6.45) is 1.80. The van der Waals surface area contributed by atoms with E-state index in [9.17, 15) is 9.50 Å². The Morgan fingerprint density at radius 3 is 2.86 bits per heavy atom. The Hall–Kier alpha value is -2.22. The second-order valence-corrected chi connectivity index (χ2v) is 6.01. The van der Waals surface area contributed by atoms with Crippen molar-refractivity contribution < 1.29 is 9.50 Å². The smallest absolute Gasteiger partial charge is 0.196 e. The van der Waals surface area contributed by atoms with E-state index in [1.807, 2.05) is 18.2 Å². The first-order chi connectivity index (χ1) is 10.6. The molecule has 2 N–H and O–H groups in total. The maximum atomic E-state index is 13.4. The van der Waals surface area contributed by atoms with Gasteiger partial charge < -0.3 is 10.1 Å². The van der Waals surface area contributed by atoms with E-state index in [1.54, 1.807) is 12.1 Å². The summed E-state index contributed by atoms with van der Waals surface area (Å²) in [5.41, 5.74) is 2.04. The topological polar surface area (TPSA) is 60.7 Å². The van der Waals surface area contributed by atoms with Gasteiger partial charge in [0, 0.05) is 21.7 Å². The number of aromatic hydroxyl groups is 1. The Labute approximate surface area is 137 Å². The summed E-state index contributed by atoms with van der Waals surface area (Å²) in [4.78, 5) is 2.84. The first-order valence-corrected chi connectivity index (χ1v) is 7.63. The predicted octanol–water partition coefficient (Wildman–Crippen LogP) is 3.44. The van der Waals surface area contributed by atoms with Crippen LogP contribution in [0.3, 0.4) is 0 Å². The highest BCUT2D eigenvalue weighted by Crippen LogP contribution is 2.28. The van der Waals surface area contributed by atoms with Crippen LogP contribution in [0.5, 0.6) is 5.88 Å². The molecule has 0 fully saturated rings. The molecule has 0 atom stereocenters. The lowest BCUT2D eigenvalue weighted by Gasteiger charge is -1.95. The lowest BCUT2D eigenvalue weighted by atomic mass is 10.1. The summed E-state index contributed by atoms with van der Waals surface area (Å²) in [5, 5.41) is 20.7. The van der Waals surface area contributed by atoms with E-state index in [2.05, 4.69) is 37.8 Å². The third-order valence-corrected chi connectivity index (χ3v) is 4.38. The summed E-state index contributed by atoms with van der Waals surface area (Å²) in [6, 6.07) is 10.1. The Morgan fingerprint density at radius 1 is 1.14 bits per heavy atom. The number of benzene rings is 2. The quantitative estimate of drug-likeness (QED) is 0.473. The number of rotatable bonds is 1. The van der Waals surface area contributed by atoms with Crippen LogP contribution >= 0.6 is 22.6 Å². The van der Waals surface area contributed by atoms with Gasteiger partial charge in [-0.25, -0.2) is 4.39 Å². The molecule has 0 spiro atoms. The number of hydrogen-bond donors (Lipinski definition) is 2. The fourth-order valence-electron chi connectivity index (χ4n) is 2.53. The van der Waals surface area contributed by atoms with Crippen molar-refractivity contribution in [3.8, 4) is 5.88 Å². The molecular weight excluding hydrogens is 396 g/mol. The van der Waals surface area contributed by atoms with E-state index in [1.165, 1.54) is 12.1 Å². The minimum absolute atomic E-state index is 0.0175. The van der Waals surface area contributed by atoms with Gasteiger partial charge in [0.1, 0.15) is 9.52 Å². The van der Waals surface area contributed by atoms with Gasteiger partial charge in [-0.1, -0.05) is 6.07 Å². The molecule has 0 saturated carbocycles. The molecular formula is C16H9FIN3O. The van der Waals surface area contributed by atoms with E-state index < -0.39 is 0 Å². The standard InChI is InChI=1S/C16H9FIN3O/c17-9-2-4-13-11(7-9)12(16(22)19-13)5-8-1-3-10-14(6-8)20-21-15(10)18/h1-7,19,22H/b8-5-. The molecule has 0 bridgehead atoms. The highest BCUT2D eigenvalue weighted by Gasteiger charge is 2.10. The Balaban J connectivity index is 1.96. The van der Waals surface area contributed by atoms with Crippen molar-refractivity contribution in [2.45, 2.75) is 0 Å². The second kappa shape index (κ2) is 4.91. The summed E-state index contributed by atoms with van der Waals surface area (Å²) < 4.78 is 14.3. The largest absolute Gasteiger partial charge is 0.494 e. The normalized spacial score (nSPS) is 14.1. The highest BCUT2D eigenvalue weighted by molar-refractivity contribution is 14.1. The monoisotopic (exact) mass is 405 g/mol. The van der Waals surface area contributed by atoms with E-state index in [0.29, 0.717) is 16.5 Å². The molecule has 1 aliphatic rings. The van der Waals surface area contributed by atoms with Crippen LogP contribution in [0.1, 0.15) is 5.56 Å². The zero-order valence-corrected chi connectivity index (χ0v) is 13.3. The van der Waals surface area contributed by atoms with Gasteiger partial charge in [0.05, 0.1) is 5.69 Å². The van der Waals surface area contributed by atoms with Gasteiger partial charge in [0.15, 0.2) is 5.88 Å². The molecule has 3 aromatic rings. The van der Waals surface area contributed by atoms with Crippen molar-refractivity contribution in [2.24, 2.45) is 10.2 Å². The molecule has 22 heavy (non-hydrogen) atoms. The van der Waals surface area contributed by atoms with Crippen LogP contribution in [-0.2, 0) is 0 Å². The van der Waals surface area contributed by atoms with Crippen LogP contribution in [0.15, 0.2) is 46.6 Å². The van der Waals surface area contributed by atoms with Crippen molar-refractivity contribution in [2.75, 3.05) is 0 Å². The number of aromatic amines is 1. The maximum absolute atomic E-state index is 13.4. The number of azo groups is 1. The van der Waals surface area contributed by atoms with E-state index in [-0.39, 0.29) is 11.7 Å². The van der Waals surface area contributed by atoms with Crippen LogP contribution in [0.25, 0.3) is 20.7 Å². The molecule has 2 heterocycles. The Morgan fingerprint density at radius 2 is 2.00 bits per heavy atom. The minimum Gasteiger partial charge on any atom is -0.494 e. The van der Waals surface area contributed by atoms with Crippen LogP contribution in [0.4, 0.5) is 10.1 Å². The van der Waals surface area contributed by atoms with E-state index >= 15 is 0 Å². The first-order valence-electron chi connectivity index (χ1n) is 6.55. The molecule has 0 unspecified atom stereocenters. The molecule has 0 aliphatic carbocycles. The van der Waals surface area contributed by atoms with Crippen LogP contribution in [-0.4, -0.2) is 10.1 Å². The highest BCUT2D eigenvalue weighted by atomic mass is 127. The zero-order chi connectivity index (χ0) is 15.3. The Kier molecular flexibility index (Phi) is 3.00. The van der Waals surface area contributed by atoms with Gasteiger partial charge >= 0.3 is 0 Å². The van der Waals surface area contributed by atoms with Crippen LogP contribution in [0, 0.1) is 5.82 Å². The molecule has 6 heteroatoms. The number of hydrogen-bond acceptors (Lipinski definition) is 3. The lowest BCUT2D eigenvalue weighted by molar-refractivity contribution is 0.457. The van der Waals surface area contributed by atoms with E-state index in [0.717, 1.165) is 19.8 Å². The zero-order valence-electron chi connectivity index (χ0n) is 11.1.